The van der Waals surface area contributed by atoms with Crippen molar-refractivity contribution in [1.29, 1.82) is 0 Å². The molecule has 0 amide bonds. The van der Waals surface area contributed by atoms with Gasteiger partial charge in [-0.3, -0.25) is 0 Å². The van der Waals surface area contributed by atoms with Crippen molar-refractivity contribution in [3.05, 3.63) is 0 Å². The maximum absolute atomic E-state index is 2.27. The molecular formula is C10H22P. The van der Waals surface area contributed by atoms with Gasteiger partial charge >= 0.3 is 0 Å². The van der Waals surface area contributed by atoms with Crippen LogP contribution in [0.2, 0.25) is 0 Å². The summed E-state index contributed by atoms with van der Waals surface area (Å²) in [5, 5.41) is 0. The van der Waals surface area contributed by atoms with Crippen LogP contribution in [-0.4, -0.2) is 12.8 Å². The van der Waals surface area contributed by atoms with Crippen LogP contribution in [-0.2, 0) is 0 Å². The van der Waals surface area contributed by atoms with Gasteiger partial charge in [0.2, 0.25) is 0 Å². The first kappa shape index (κ1) is 11.4. The maximum Gasteiger partial charge on any atom is -0.0290 e. The summed E-state index contributed by atoms with van der Waals surface area (Å²) >= 11 is 0. The Morgan fingerprint density at radius 2 is 1.36 bits per heavy atom. The Morgan fingerprint density at radius 1 is 0.818 bits per heavy atom. The Bertz CT molecular complexity index is 53.9. The number of unbranched alkanes of at least 4 members (excludes halogenated alkanes) is 6. The summed E-state index contributed by atoms with van der Waals surface area (Å²) in [4.78, 5) is 0. The molecule has 0 saturated carbocycles. The third-order valence-corrected chi connectivity index (χ3v) is 2.75. The summed E-state index contributed by atoms with van der Waals surface area (Å²) in [6, 6.07) is 0. The molecule has 0 heterocycles. The van der Waals surface area contributed by atoms with Crippen molar-refractivity contribution in [3.63, 3.8) is 0 Å². The van der Waals surface area contributed by atoms with Crippen LogP contribution in [0.25, 0.3) is 0 Å². The van der Waals surface area contributed by atoms with E-state index in [1.807, 2.05) is 0 Å². The predicted octanol–water partition coefficient (Wildman–Crippen LogP) is 4.31. The first-order chi connectivity index (χ1) is 5.41. The molecule has 0 aromatic rings. The normalized spacial score (nSPS) is 11.5. The van der Waals surface area contributed by atoms with Crippen molar-refractivity contribution in [2.45, 2.75) is 51.9 Å². The van der Waals surface area contributed by atoms with Crippen molar-refractivity contribution in [1.82, 2.24) is 0 Å². The molecule has 1 heteroatoms. The fourth-order valence-corrected chi connectivity index (χ4v) is 1.77. The van der Waals surface area contributed by atoms with Gasteiger partial charge in [-0.05, 0) is 19.2 Å². The van der Waals surface area contributed by atoms with E-state index in [4.69, 9.17) is 0 Å². The third kappa shape index (κ3) is 10.4. The summed E-state index contributed by atoms with van der Waals surface area (Å²) in [7, 11) is 1.57. The van der Waals surface area contributed by atoms with E-state index in [0.29, 0.717) is 0 Å². The highest BCUT2D eigenvalue weighted by molar-refractivity contribution is 7.36. The second-order valence-corrected chi connectivity index (χ2v) is 4.24. The zero-order valence-electron chi connectivity index (χ0n) is 8.10. The van der Waals surface area contributed by atoms with Crippen LogP contribution in [0.1, 0.15) is 51.9 Å². The van der Waals surface area contributed by atoms with Gasteiger partial charge in [0.05, 0.1) is 0 Å². The van der Waals surface area contributed by atoms with Crippen LogP contribution in [0.15, 0.2) is 0 Å². The topological polar surface area (TPSA) is 0 Å². The molecule has 0 spiro atoms. The predicted molar refractivity (Wildman–Crippen MR) is 55.7 cm³/mol. The monoisotopic (exact) mass is 173 g/mol. The van der Waals surface area contributed by atoms with Crippen LogP contribution in [0.3, 0.4) is 0 Å². The van der Waals surface area contributed by atoms with Gasteiger partial charge in [0.25, 0.3) is 0 Å². The van der Waals surface area contributed by atoms with Crippen molar-refractivity contribution in [3.8, 4) is 0 Å². The molecule has 0 atom stereocenters. The van der Waals surface area contributed by atoms with Crippen LogP contribution in [0.4, 0.5) is 0 Å². The maximum atomic E-state index is 2.27. The lowest BCUT2D eigenvalue weighted by molar-refractivity contribution is 0.603. The highest BCUT2D eigenvalue weighted by atomic mass is 31.1. The van der Waals surface area contributed by atoms with Gasteiger partial charge in [-0.1, -0.05) is 54.0 Å². The van der Waals surface area contributed by atoms with Crippen LogP contribution >= 0.6 is 8.58 Å². The Balaban J connectivity index is 2.69. The third-order valence-electron chi connectivity index (χ3n) is 1.99. The fraction of sp³-hybridized carbons (Fsp3) is 1.00. The summed E-state index contributed by atoms with van der Waals surface area (Å²) in [6.45, 7) is 4.52. The molecule has 67 valence electrons. The molecule has 0 nitrogen and oxygen atoms in total. The van der Waals surface area contributed by atoms with Gasteiger partial charge in [0, 0.05) is 0 Å². The first-order valence-corrected chi connectivity index (χ1v) is 6.50. The molecule has 0 aliphatic rings. The highest BCUT2D eigenvalue weighted by Crippen LogP contribution is 2.11. The molecule has 0 N–H and O–H groups in total. The van der Waals surface area contributed by atoms with E-state index in [1.54, 1.807) is 8.58 Å². The molecule has 0 aromatic carbocycles. The molecule has 0 rings (SSSR count). The highest BCUT2D eigenvalue weighted by Gasteiger charge is 1.89. The molecule has 0 aliphatic carbocycles. The second kappa shape index (κ2) is 10.4. The average molecular weight is 173 g/mol. The standard InChI is InChI=1S/C10H22P/c1-3-4-5-6-7-8-9-10-11-2/h3-10H2,1-2H3. The van der Waals surface area contributed by atoms with Gasteiger partial charge in [-0.15, -0.1) is 0 Å². The van der Waals surface area contributed by atoms with E-state index in [9.17, 15) is 0 Å². The van der Waals surface area contributed by atoms with Crippen LogP contribution in [0.5, 0.6) is 0 Å². The SMILES string of the molecule is CCCCCCCCC[P]C. The van der Waals surface area contributed by atoms with Crippen molar-refractivity contribution in [2.24, 2.45) is 0 Å². The van der Waals surface area contributed by atoms with Gasteiger partial charge in [0.15, 0.2) is 0 Å². The minimum Gasteiger partial charge on any atom is -0.0844 e. The average Bonchev–Trinajstić information content (AvgIpc) is 2.03. The van der Waals surface area contributed by atoms with Gasteiger partial charge in [-0.25, -0.2) is 0 Å². The molecular weight excluding hydrogens is 151 g/mol. The fourth-order valence-electron chi connectivity index (χ4n) is 1.23. The number of rotatable bonds is 8. The first-order valence-electron chi connectivity index (χ1n) is 4.97. The molecule has 0 unspecified atom stereocenters. The van der Waals surface area contributed by atoms with Crippen LogP contribution < -0.4 is 0 Å². The van der Waals surface area contributed by atoms with E-state index in [1.165, 1.54) is 51.1 Å². The Kier molecular flexibility index (Phi) is 10.8. The Hall–Kier alpha value is 0.430. The number of hydrogen-bond acceptors (Lipinski definition) is 0. The zero-order valence-corrected chi connectivity index (χ0v) is 9.00. The number of hydrogen-bond donors (Lipinski definition) is 0. The van der Waals surface area contributed by atoms with Crippen molar-refractivity contribution < 1.29 is 0 Å². The Morgan fingerprint density at radius 3 is 1.91 bits per heavy atom. The summed E-state index contributed by atoms with van der Waals surface area (Å²) in [5.74, 6) is 0. The van der Waals surface area contributed by atoms with E-state index < -0.39 is 0 Å². The molecule has 0 aromatic heterocycles. The van der Waals surface area contributed by atoms with Crippen LogP contribution in [0, 0.1) is 0 Å². The lowest BCUT2D eigenvalue weighted by Crippen LogP contribution is -1.80. The minimum absolute atomic E-state index is 1.37. The molecule has 0 fully saturated rings. The van der Waals surface area contributed by atoms with Gasteiger partial charge < -0.3 is 0 Å². The molecule has 11 heavy (non-hydrogen) atoms. The summed E-state index contributed by atoms with van der Waals surface area (Å²) < 4.78 is 0. The largest absolute Gasteiger partial charge is 0.0844 e. The quantitative estimate of drug-likeness (QED) is 0.379. The Labute approximate surface area is 73.9 Å². The lowest BCUT2D eigenvalue weighted by Gasteiger charge is -1.98. The molecule has 0 bridgehead atoms. The summed E-state index contributed by atoms with van der Waals surface area (Å²) in [5.41, 5.74) is 0. The lowest BCUT2D eigenvalue weighted by atomic mass is 10.1. The van der Waals surface area contributed by atoms with E-state index in [2.05, 4.69) is 13.6 Å². The smallest absolute Gasteiger partial charge is 0.0290 e. The molecule has 1 radical (unpaired) electrons. The zero-order chi connectivity index (χ0) is 8.36. The second-order valence-electron chi connectivity index (χ2n) is 3.16. The summed E-state index contributed by atoms with van der Waals surface area (Å²) in [6.07, 6.45) is 11.5. The van der Waals surface area contributed by atoms with E-state index in [-0.39, 0.29) is 0 Å². The van der Waals surface area contributed by atoms with Gasteiger partial charge in [-0.2, -0.15) is 0 Å². The van der Waals surface area contributed by atoms with Gasteiger partial charge in [0.1, 0.15) is 0 Å². The van der Waals surface area contributed by atoms with Crippen molar-refractivity contribution >= 4 is 8.58 Å². The minimum atomic E-state index is 1.37. The van der Waals surface area contributed by atoms with E-state index in [0.717, 1.165) is 0 Å². The van der Waals surface area contributed by atoms with Crippen molar-refractivity contribution in [2.75, 3.05) is 12.8 Å². The van der Waals surface area contributed by atoms with E-state index >= 15 is 0 Å². The molecule has 0 aliphatic heterocycles. The molecule has 0 saturated heterocycles.